The number of sulfonamides is 1. The molecule has 2 amide bonds. The third-order valence-corrected chi connectivity index (χ3v) is 7.09. The lowest BCUT2D eigenvalue weighted by Gasteiger charge is -2.33. The van der Waals surface area contributed by atoms with Gasteiger partial charge in [0.2, 0.25) is 21.8 Å². The van der Waals surface area contributed by atoms with Crippen LogP contribution in [-0.4, -0.2) is 57.6 Å². The van der Waals surface area contributed by atoms with E-state index in [4.69, 9.17) is 16.3 Å². The van der Waals surface area contributed by atoms with Gasteiger partial charge in [0.05, 0.1) is 29.6 Å². The predicted molar refractivity (Wildman–Crippen MR) is 140 cm³/mol. The minimum atomic E-state index is -4.77. The predicted octanol–water partition coefficient (Wildman–Crippen LogP) is 4.47. The van der Waals surface area contributed by atoms with E-state index < -0.39 is 51.9 Å². The van der Waals surface area contributed by atoms with Crippen molar-refractivity contribution in [3.8, 4) is 5.75 Å². The first-order valence-electron chi connectivity index (χ1n) is 11.8. The van der Waals surface area contributed by atoms with Crippen LogP contribution in [0.3, 0.4) is 0 Å². The summed E-state index contributed by atoms with van der Waals surface area (Å²) in [6.45, 7) is 2.97. The quantitative estimate of drug-likeness (QED) is 0.402. The number of rotatable bonds is 12. The van der Waals surface area contributed by atoms with Gasteiger partial charge in [0.15, 0.2) is 0 Å². The average Bonchev–Trinajstić information content (AvgIpc) is 2.85. The summed E-state index contributed by atoms with van der Waals surface area (Å²) in [5.74, 6) is -0.731. The van der Waals surface area contributed by atoms with Crippen LogP contribution in [0.2, 0.25) is 5.02 Å². The van der Waals surface area contributed by atoms with Gasteiger partial charge in [-0.3, -0.25) is 13.9 Å². The smallest absolute Gasteiger partial charge is 0.416 e. The fourth-order valence-corrected chi connectivity index (χ4v) is 4.85. The Kier molecular flexibility index (Phi) is 10.8. The van der Waals surface area contributed by atoms with Gasteiger partial charge < -0.3 is 15.0 Å². The van der Waals surface area contributed by atoms with Crippen LogP contribution in [0.25, 0.3) is 0 Å². The lowest BCUT2D eigenvalue weighted by molar-refractivity contribution is -0.140. The molecule has 0 radical (unpaired) electrons. The number of carbonyl (C=O) groups excluding carboxylic acids is 2. The Labute approximate surface area is 225 Å². The third kappa shape index (κ3) is 8.26. The molecular formula is C25H31ClF3N3O5S. The highest BCUT2D eigenvalue weighted by molar-refractivity contribution is 7.92. The molecule has 0 unspecified atom stereocenters. The minimum Gasteiger partial charge on any atom is -0.497 e. The fraction of sp³-hybridized carbons (Fsp3) is 0.440. The Morgan fingerprint density at radius 1 is 1.13 bits per heavy atom. The van der Waals surface area contributed by atoms with Crippen LogP contribution in [0.15, 0.2) is 42.5 Å². The highest BCUT2D eigenvalue weighted by atomic mass is 35.5. The first-order valence-corrected chi connectivity index (χ1v) is 14.0. The summed E-state index contributed by atoms with van der Waals surface area (Å²) in [6, 6.07) is 8.00. The topological polar surface area (TPSA) is 96.0 Å². The van der Waals surface area contributed by atoms with Crippen LogP contribution >= 0.6 is 11.6 Å². The monoisotopic (exact) mass is 577 g/mol. The molecule has 2 rings (SSSR count). The molecule has 1 atom stereocenters. The van der Waals surface area contributed by atoms with Gasteiger partial charge >= 0.3 is 6.18 Å². The molecule has 0 fully saturated rings. The number of carbonyl (C=O) groups is 2. The van der Waals surface area contributed by atoms with Gasteiger partial charge in [0.1, 0.15) is 18.3 Å². The molecule has 210 valence electrons. The molecule has 0 saturated heterocycles. The van der Waals surface area contributed by atoms with Gasteiger partial charge in [-0.25, -0.2) is 8.42 Å². The Bertz CT molecular complexity index is 1240. The maximum absolute atomic E-state index is 13.6. The van der Waals surface area contributed by atoms with E-state index in [2.05, 4.69) is 5.32 Å². The lowest BCUT2D eigenvalue weighted by Crippen LogP contribution is -2.52. The van der Waals surface area contributed by atoms with Crippen LogP contribution in [0, 0.1) is 0 Å². The van der Waals surface area contributed by atoms with E-state index in [0.717, 1.165) is 12.3 Å². The first-order chi connectivity index (χ1) is 17.7. The molecule has 0 heterocycles. The van der Waals surface area contributed by atoms with E-state index >= 15 is 0 Å². The van der Waals surface area contributed by atoms with E-state index in [1.807, 2.05) is 6.92 Å². The maximum Gasteiger partial charge on any atom is 0.416 e. The molecule has 0 aliphatic rings. The van der Waals surface area contributed by atoms with Crippen molar-refractivity contribution in [2.24, 2.45) is 0 Å². The van der Waals surface area contributed by atoms with E-state index in [0.29, 0.717) is 40.7 Å². The number of hydrogen-bond donors (Lipinski definition) is 1. The first kappa shape index (κ1) is 31.2. The van der Waals surface area contributed by atoms with Gasteiger partial charge in [0, 0.05) is 13.1 Å². The summed E-state index contributed by atoms with van der Waals surface area (Å²) >= 11 is 6.09. The van der Waals surface area contributed by atoms with Gasteiger partial charge in [-0.2, -0.15) is 13.2 Å². The summed E-state index contributed by atoms with van der Waals surface area (Å²) < 4.78 is 71.2. The SMILES string of the molecule is CCCNC(=O)[C@H](CC)N(Cc1cccc(OC)c1)C(=O)CN(c1cc(C(F)(F)F)ccc1Cl)S(C)(=O)=O. The normalized spacial score (nSPS) is 12.5. The molecule has 0 aromatic heterocycles. The van der Waals surface area contributed by atoms with Crippen molar-refractivity contribution >= 4 is 39.1 Å². The Morgan fingerprint density at radius 3 is 2.37 bits per heavy atom. The number of methoxy groups -OCH3 is 1. The number of hydrogen-bond acceptors (Lipinski definition) is 5. The van der Waals surface area contributed by atoms with Gasteiger partial charge in [-0.1, -0.05) is 37.6 Å². The summed E-state index contributed by atoms with van der Waals surface area (Å²) in [5.41, 5.74) is -1.03. The number of anilines is 1. The Hall–Kier alpha value is -2.99. The number of ether oxygens (including phenoxy) is 1. The summed E-state index contributed by atoms with van der Waals surface area (Å²) in [5, 5.41) is 2.45. The zero-order valence-electron chi connectivity index (χ0n) is 21.5. The van der Waals surface area contributed by atoms with E-state index in [9.17, 15) is 31.2 Å². The van der Waals surface area contributed by atoms with Crippen molar-refractivity contribution in [3.05, 3.63) is 58.6 Å². The van der Waals surface area contributed by atoms with Crippen LogP contribution in [0.1, 0.15) is 37.8 Å². The Balaban J connectivity index is 2.54. The van der Waals surface area contributed by atoms with Crippen molar-refractivity contribution in [2.45, 2.75) is 45.5 Å². The second-order valence-electron chi connectivity index (χ2n) is 8.52. The second kappa shape index (κ2) is 13.2. The van der Waals surface area contributed by atoms with E-state index in [1.165, 1.54) is 12.0 Å². The van der Waals surface area contributed by atoms with Crippen LogP contribution in [0.4, 0.5) is 18.9 Å². The summed E-state index contributed by atoms with van der Waals surface area (Å²) in [4.78, 5) is 27.8. The molecule has 0 spiro atoms. The summed E-state index contributed by atoms with van der Waals surface area (Å²) in [7, 11) is -2.80. The molecule has 0 saturated carbocycles. The van der Waals surface area contributed by atoms with Crippen LogP contribution < -0.4 is 14.4 Å². The van der Waals surface area contributed by atoms with E-state index in [1.54, 1.807) is 31.2 Å². The van der Waals surface area contributed by atoms with Crippen molar-refractivity contribution in [3.63, 3.8) is 0 Å². The Morgan fingerprint density at radius 2 is 1.82 bits per heavy atom. The van der Waals surface area contributed by atoms with Crippen molar-refractivity contribution in [1.82, 2.24) is 10.2 Å². The van der Waals surface area contributed by atoms with Gasteiger partial charge in [-0.05, 0) is 48.7 Å². The molecule has 2 aromatic carbocycles. The molecule has 0 bridgehead atoms. The average molecular weight is 578 g/mol. The molecule has 2 aromatic rings. The molecular weight excluding hydrogens is 547 g/mol. The molecule has 0 aliphatic heterocycles. The zero-order chi connectivity index (χ0) is 28.7. The number of nitrogens with one attached hydrogen (secondary N) is 1. The standard InChI is InChI=1S/C25H31ClF3N3O5S/c1-5-12-30-24(34)21(6-2)31(15-17-8-7-9-19(13-17)37-3)23(33)16-32(38(4,35)36)22-14-18(25(27,28)29)10-11-20(22)26/h7-11,13-14,21H,5-6,12,15-16H2,1-4H3,(H,30,34)/t21-/m0/s1. The summed E-state index contributed by atoms with van der Waals surface area (Å²) in [6.07, 6.45) is -3.15. The minimum absolute atomic E-state index is 0.0813. The molecule has 13 heteroatoms. The molecule has 0 aliphatic carbocycles. The zero-order valence-corrected chi connectivity index (χ0v) is 23.1. The number of alkyl halides is 3. The second-order valence-corrected chi connectivity index (χ2v) is 10.8. The van der Waals surface area contributed by atoms with Gasteiger partial charge in [0.25, 0.3) is 0 Å². The van der Waals surface area contributed by atoms with Gasteiger partial charge in [-0.15, -0.1) is 0 Å². The number of halogens is 4. The van der Waals surface area contributed by atoms with Crippen molar-refractivity contribution < 1.29 is 35.9 Å². The molecule has 1 N–H and O–H groups in total. The maximum atomic E-state index is 13.6. The van der Waals surface area contributed by atoms with Crippen LogP contribution in [-0.2, 0) is 32.3 Å². The van der Waals surface area contributed by atoms with Crippen LogP contribution in [0.5, 0.6) is 5.75 Å². The third-order valence-electron chi connectivity index (χ3n) is 5.64. The van der Waals surface area contributed by atoms with Crippen molar-refractivity contribution in [2.75, 3.05) is 30.8 Å². The largest absolute Gasteiger partial charge is 0.497 e. The molecule has 38 heavy (non-hydrogen) atoms. The highest BCUT2D eigenvalue weighted by Gasteiger charge is 2.35. The highest BCUT2D eigenvalue weighted by Crippen LogP contribution is 2.36. The number of benzene rings is 2. The molecule has 8 nitrogen and oxygen atoms in total. The number of nitrogens with zero attached hydrogens (tertiary/aromatic N) is 2. The lowest BCUT2D eigenvalue weighted by atomic mass is 10.1. The van der Waals surface area contributed by atoms with E-state index in [-0.39, 0.29) is 18.0 Å². The van der Waals surface area contributed by atoms with Crippen molar-refractivity contribution in [1.29, 1.82) is 0 Å². The fourth-order valence-electron chi connectivity index (χ4n) is 3.73. The number of amides is 2.